The van der Waals surface area contributed by atoms with Crippen LogP contribution in [0.2, 0.25) is 37.8 Å². The molecule has 190 valence electrons. The zero-order chi connectivity index (χ0) is 25.8. The summed E-state index contributed by atoms with van der Waals surface area (Å²) in [7, 11) is -4.11. The number of ether oxygens (including phenoxy) is 3. The molecule has 8 heteroatoms. The molecule has 3 rings (SSSR count). The van der Waals surface area contributed by atoms with Crippen molar-refractivity contribution in [2.75, 3.05) is 13.2 Å². The van der Waals surface area contributed by atoms with E-state index in [-0.39, 0.29) is 17.7 Å². The van der Waals surface area contributed by atoms with Crippen LogP contribution < -0.4 is 0 Å². The zero-order valence-corrected chi connectivity index (χ0v) is 24.5. The second-order valence-electron chi connectivity index (χ2n) is 12.5. The molecule has 0 aromatic heterocycles. The maximum absolute atomic E-state index is 10.3. The fraction of sp³-hybridized carbons (Fsp3) is 0.769. The Balaban J connectivity index is 1.97. The Labute approximate surface area is 208 Å². The Morgan fingerprint density at radius 1 is 1.15 bits per heavy atom. The number of terminal acetylenes is 1. The molecule has 1 aliphatic carbocycles. The second-order valence-corrected chi connectivity index (χ2v) is 21.7. The summed E-state index contributed by atoms with van der Waals surface area (Å²) in [5.41, 5.74) is -1.17. The highest BCUT2D eigenvalue weighted by atomic mass is 28.4. The normalized spacial score (nSPS) is 35.4. The number of hydrogen-bond acceptors (Lipinski definition) is 6. The van der Waals surface area contributed by atoms with Crippen LogP contribution in [0, 0.1) is 24.2 Å². The van der Waals surface area contributed by atoms with Crippen LogP contribution in [0.25, 0.3) is 0 Å². The van der Waals surface area contributed by atoms with Crippen molar-refractivity contribution in [2.24, 2.45) is 0 Å². The summed E-state index contributed by atoms with van der Waals surface area (Å²) in [4.78, 5) is 0. The third kappa shape index (κ3) is 5.56. The molecule has 2 heterocycles. The predicted octanol–water partition coefficient (Wildman–Crippen LogP) is 4.22. The molecule has 0 unspecified atom stereocenters. The van der Waals surface area contributed by atoms with Gasteiger partial charge in [0.1, 0.15) is 11.7 Å². The summed E-state index contributed by atoms with van der Waals surface area (Å²) in [6.45, 7) is 21.4. The molecule has 0 amide bonds. The maximum atomic E-state index is 10.3. The molecular weight excluding hydrogens is 464 g/mol. The van der Waals surface area contributed by atoms with E-state index in [0.29, 0.717) is 13.0 Å². The Kier molecular flexibility index (Phi) is 7.21. The minimum Gasteiger partial charge on any atom is -0.410 e. The average molecular weight is 507 g/mol. The van der Waals surface area contributed by atoms with Crippen molar-refractivity contribution in [2.45, 2.75) is 114 Å². The lowest BCUT2D eigenvalue weighted by atomic mass is 9.93. The molecule has 2 saturated heterocycles. The first-order valence-corrected chi connectivity index (χ1v) is 18.4. The van der Waals surface area contributed by atoms with E-state index in [2.05, 4.69) is 71.3 Å². The molecule has 0 spiro atoms. The van der Waals surface area contributed by atoms with Crippen molar-refractivity contribution < 1.29 is 28.2 Å². The van der Waals surface area contributed by atoms with E-state index in [9.17, 15) is 5.11 Å². The Hall–Kier alpha value is -0.946. The third-order valence-corrected chi connectivity index (χ3v) is 12.5. The maximum Gasteiger partial charge on any atom is 0.195 e. The van der Waals surface area contributed by atoms with E-state index in [1.165, 1.54) is 0 Å². The molecule has 1 N–H and O–H groups in total. The van der Waals surface area contributed by atoms with E-state index < -0.39 is 45.8 Å². The van der Waals surface area contributed by atoms with Gasteiger partial charge in [-0.3, -0.25) is 0 Å². The van der Waals surface area contributed by atoms with Gasteiger partial charge < -0.3 is 28.2 Å². The molecule has 34 heavy (non-hydrogen) atoms. The van der Waals surface area contributed by atoms with Crippen LogP contribution >= 0.6 is 0 Å². The molecule has 0 saturated carbocycles. The number of aliphatic hydroxyl groups excluding tert-OH is 1. The van der Waals surface area contributed by atoms with Crippen LogP contribution in [0.3, 0.4) is 0 Å². The van der Waals surface area contributed by atoms with Gasteiger partial charge in [0.05, 0.1) is 19.3 Å². The van der Waals surface area contributed by atoms with Gasteiger partial charge in [-0.2, -0.15) is 0 Å². The van der Waals surface area contributed by atoms with Gasteiger partial charge in [-0.1, -0.05) is 44.6 Å². The molecule has 5 atom stereocenters. The topological polar surface area (TPSA) is 69.7 Å². The molecule has 3 aliphatic rings. The third-order valence-electron chi connectivity index (χ3n) is 7.04. The van der Waals surface area contributed by atoms with E-state index in [0.717, 1.165) is 5.57 Å². The number of epoxide rings is 1. The molecule has 0 aromatic rings. The minimum atomic E-state index is -2.07. The van der Waals surface area contributed by atoms with Gasteiger partial charge in [-0.05, 0) is 57.2 Å². The predicted molar refractivity (Wildman–Crippen MR) is 138 cm³/mol. The summed E-state index contributed by atoms with van der Waals surface area (Å²) in [6, 6.07) is 0. The van der Waals surface area contributed by atoms with Gasteiger partial charge >= 0.3 is 0 Å². The van der Waals surface area contributed by atoms with E-state index >= 15 is 0 Å². The summed E-state index contributed by atoms with van der Waals surface area (Å²) < 4.78 is 31.2. The second kappa shape index (κ2) is 8.86. The first-order chi connectivity index (χ1) is 15.4. The summed E-state index contributed by atoms with van der Waals surface area (Å²) in [5.74, 6) is 8.66. The van der Waals surface area contributed by atoms with Gasteiger partial charge in [0.25, 0.3) is 0 Å². The highest BCUT2D eigenvalue weighted by Gasteiger charge is 2.64. The van der Waals surface area contributed by atoms with Gasteiger partial charge in [-0.15, -0.1) is 6.42 Å². The van der Waals surface area contributed by atoms with E-state index in [4.69, 9.17) is 29.5 Å². The van der Waals surface area contributed by atoms with Crippen LogP contribution in [-0.2, 0) is 23.1 Å². The largest absolute Gasteiger partial charge is 0.410 e. The fourth-order valence-electron chi connectivity index (χ4n) is 4.27. The quantitative estimate of drug-likeness (QED) is 0.252. The van der Waals surface area contributed by atoms with Gasteiger partial charge in [0.15, 0.2) is 34.1 Å². The molecule has 2 aliphatic heterocycles. The lowest BCUT2D eigenvalue weighted by Crippen LogP contribution is -2.46. The standard InChI is InChI=1S/C26H42O6Si2/c1-12-21-26(30-21,22-18-28-24(5,6)29-22)14-13-25(32-33(7,8)9)16-20(15-19(25)17-27)31-34(10,11)23(2,3)4/h1,15,20-22,27H,16-18H2,2-11H3/t20-,21+,22+,25-,26-/m0/s1. The molecule has 0 aromatic carbocycles. The lowest BCUT2D eigenvalue weighted by molar-refractivity contribution is -0.143. The van der Waals surface area contributed by atoms with E-state index in [1.807, 2.05) is 19.9 Å². The first kappa shape index (κ1) is 27.6. The molecule has 2 fully saturated rings. The van der Waals surface area contributed by atoms with Crippen LogP contribution in [-0.4, -0.2) is 70.3 Å². The highest BCUT2D eigenvalue weighted by Crippen LogP contribution is 2.46. The molecule has 6 nitrogen and oxygen atoms in total. The van der Waals surface area contributed by atoms with Crippen molar-refractivity contribution in [3.63, 3.8) is 0 Å². The van der Waals surface area contributed by atoms with Crippen molar-refractivity contribution in [1.82, 2.24) is 0 Å². The highest BCUT2D eigenvalue weighted by molar-refractivity contribution is 6.74. The van der Waals surface area contributed by atoms with Crippen molar-refractivity contribution in [1.29, 1.82) is 0 Å². The van der Waals surface area contributed by atoms with Gasteiger partial charge in [0.2, 0.25) is 0 Å². The van der Waals surface area contributed by atoms with Crippen LogP contribution in [0.1, 0.15) is 41.0 Å². The van der Waals surface area contributed by atoms with Crippen LogP contribution in [0.5, 0.6) is 0 Å². The Bertz CT molecular complexity index is 926. The van der Waals surface area contributed by atoms with E-state index in [1.54, 1.807) is 0 Å². The molecular formula is C26H42O6Si2. The average Bonchev–Trinajstić information content (AvgIpc) is 3.14. The number of hydrogen-bond donors (Lipinski definition) is 1. The van der Waals surface area contributed by atoms with Gasteiger partial charge in [0, 0.05) is 6.42 Å². The first-order valence-electron chi connectivity index (χ1n) is 12.1. The Morgan fingerprint density at radius 3 is 2.24 bits per heavy atom. The Morgan fingerprint density at radius 2 is 1.79 bits per heavy atom. The number of rotatable bonds is 6. The summed E-state index contributed by atoms with van der Waals surface area (Å²) in [6.07, 6.45) is 7.19. The summed E-state index contributed by atoms with van der Waals surface area (Å²) in [5, 5.41) is 10.4. The van der Waals surface area contributed by atoms with Crippen molar-refractivity contribution in [3.8, 4) is 24.2 Å². The minimum absolute atomic E-state index is 0.0648. The summed E-state index contributed by atoms with van der Waals surface area (Å²) >= 11 is 0. The smallest absolute Gasteiger partial charge is 0.195 e. The van der Waals surface area contributed by atoms with Crippen LogP contribution in [0.15, 0.2) is 11.6 Å². The SMILES string of the molecule is C#C[C@H]1O[C@]1(C#C[C@]1(O[Si](C)(C)C)C[C@@H](O[Si](C)(C)C(C)(C)C)C=C1CO)[C@H]1COC(C)(C)O1. The zero-order valence-electron chi connectivity index (χ0n) is 22.5. The van der Waals surface area contributed by atoms with Crippen molar-refractivity contribution >= 4 is 16.6 Å². The lowest BCUT2D eigenvalue weighted by Gasteiger charge is -2.39. The monoisotopic (exact) mass is 506 g/mol. The fourth-order valence-corrected chi connectivity index (χ4v) is 6.84. The molecule has 0 bridgehead atoms. The molecule has 0 radical (unpaired) electrons. The van der Waals surface area contributed by atoms with Crippen molar-refractivity contribution in [3.05, 3.63) is 11.6 Å². The van der Waals surface area contributed by atoms with Gasteiger partial charge in [-0.25, -0.2) is 0 Å². The number of aliphatic hydroxyl groups is 1. The van der Waals surface area contributed by atoms with Crippen LogP contribution in [0.4, 0.5) is 0 Å².